The number of hydrogen-bond donors (Lipinski definition) is 1. The molecule has 1 aliphatic heterocycles. The van der Waals surface area contributed by atoms with Gasteiger partial charge in [-0.15, -0.1) is 0 Å². The van der Waals surface area contributed by atoms with Gasteiger partial charge >= 0.3 is 10.1 Å². The van der Waals surface area contributed by atoms with Crippen LogP contribution in [0.4, 0.5) is 5.69 Å². The third-order valence-corrected chi connectivity index (χ3v) is 7.02. The molecule has 0 fully saturated rings. The molecule has 1 heterocycles. The first kappa shape index (κ1) is 17.3. The maximum absolute atomic E-state index is 12.9. The Hall–Kier alpha value is -2.79. The number of aryl methyl sites for hydroxylation is 2. The van der Waals surface area contributed by atoms with Crippen molar-refractivity contribution in [3.8, 4) is 5.75 Å². The highest BCUT2D eigenvalue weighted by molar-refractivity contribution is 7.87. The molecule has 142 valence electrons. The van der Waals surface area contributed by atoms with Gasteiger partial charge in [0.15, 0.2) is 5.75 Å². The monoisotopic (exact) mass is 391 g/mol. The van der Waals surface area contributed by atoms with Crippen LogP contribution in [0.1, 0.15) is 33.7 Å². The van der Waals surface area contributed by atoms with Crippen LogP contribution < -0.4 is 9.50 Å². The summed E-state index contributed by atoms with van der Waals surface area (Å²) < 4.78 is 31.4. The highest BCUT2D eigenvalue weighted by atomic mass is 32.2. The van der Waals surface area contributed by atoms with Gasteiger partial charge in [-0.25, -0.2) is 0 Å². The van der Waals surface area contributed by atoms with Crippen molar-refractivity contribution < 1.29 is 12.6 Å². The van der Waals surface area contributed by atoms with Gasteiger partial charge < -0.3 is 9.50 Å². The van der Waals surface area contributed by atoms with Gasteiger partial charge in [-0.1, -0.05) is 54.1 Å². The second-order valence-electron chi connectivity index (χ2n) is 7.66. The highest BCUT2D eigenvalue weighted by Gasteiger charge is 2.41. The van der Waals surface area contributed by atoms with E-state index in [1.807, 2.05) is 19.9 Å². The maximum atomic E-state index is 12.9. The van der Waals surface area contributed by atoms with Crippen LogP contribution in [0.15, 0.2) is 65.6 Å². The first-order valence-corrected chi connectivity index (χ1v) is 10.8. The lowest BCUT2D eigenvalue weighted by Crippen LogP contribution is -2.17. The van der Waals surface area contributed by atoms with E-state index >= 15 is 0 Å². The first-order chi connectivity index (χ1) is 13.4. The molecule has 0 spiro atoms. The summed E-state index contributed by atoms with van der Waals surface area (Å²) in [7, 11) is -3.90. The molecule has 1 aliphatic carbocycles. The summed E-state index contributed by atoms with van der Waals surface area (Å²) in [6.45, 7) is 3.80. The predicted octanol–water partition coefficient (Wildman–Crippen LogP) is 4.55. The SMILES string of the molecule is Cc1ccc(S(=O)(=O)Oc2c(C)ccc3c2N[C@@H]2Cc4ccccc4[C@H]32)cc1. The van der Waals surface area contributed by atoms with Gasteiger partial charge in [0.1, 0.15) is 4.90 Å². The molecule has 1 N–H and O–H groups in total. The number of nitrogens with one attached hydrogen (secondary N) is 1. The van der Waals surface area contributed by atoms with Gasteiger partial charge in [0.05, 0.1) is 5.69 Å². The number of benzene rings is 3. The van der Waals surface area contributed by atoms with E-state index in [0.29, 0.717) is 5.75 Å². The van der Waals surface area contributed by atoms with Crippen molar-refractivity contribution in [1.29, 1.82) is 0 Å². The third kappa shape index (κ3) is 2.61. The molecule has 28 heavy (non-hydrogen) atoms. The molecule has 0 saturated heterocycles. The Labute approximate surface area is 165 Å². The Bertz CT molecular complexity index is 1180. The molecular formula is C23H21NO3S. The molecule has 4 nitrogen and oxygen atoms in total. The van der Waals surface area contributed by atoms with Crippen LogP contribution in [0.25, 0.3) is 0 Å². The molecule has 0 unspecified atom stereocenters. The summed E-state index contributed by atoms with van der Waals surface area (Å²) in [5.41, 5.74) is 6.38. The molecule has 2 atom stereocenters. The van der Waals surface area contributed by atoms with E-state index in [4.69, 9.17) is 4.18 Å². The number of fused-ring (bicyclic) bond motifs is 5. The Balaban J connectivity index is 1.57. The Morgan fingerprint density at radius 2 is 1.68 bits per heavy atom. The van der Waals surface area contributed by atoms with Gasteiger partial charge in [-0.3, -0.25) is 0 Å². The van der Waals surface area contributed by atoms with E-state index in [9.17, 15) is 8.42 Å². The normalized spacial score (nSPS) is 19.5. The fraction of sp³-hybridized carbons (Fsp3) is 0.217. The molecule has 2 aliphatic rings. The van der Waals surface area contributed by atoms with Gasteiger partial charge in [0.2, 0.25) is 0 Å². The van der Waals surface area contributed by atoms with Crippen LogP contribution >= 0.6 is 0 Å². The second kappa shape index (κ2) is 6.11. The number of hydrogen-bond acceptors (Lipinski definition) is 4. The van der Waals surface area contributed by atoms with E-state index in [1.165, 1.54) is 11.1 Å². The summed E-state index contributed by atoms with van der Waals surface area (Å²) in [6, 6.07) is 19.5. The minimum atomic E-state index is -3.90. The standard InChI is InChI=1S/C23H21NO3S/c1-14-7-10-17(11-8-14)28(25,26)27-23-15(2)9-12-19-21-18-6-4-3-5-16(18)13-20(21)24-22(19)23/h3-12,20-21,24H,13H2,1-2H3/t20-,21-/m1/s1. The second-order valence-corrected chi connectivity index (χ2v) is 9.20. The Morgan fingerprint density at radius 1 is 0.929 bits per heavy atom. The van der Waals surface area contributed by atoms with Crippen LogP contribution in [-0.4, -0.2) is 14.5 Å². The van der Waals surface area contributed by atoms with Crippen molar-refractivity contribution in [3.63, 3.8) is 0 Å². The molecular weight excluding hydrogens is 370 g/mol. The molecule has 3 aromatic carbocycles. The molecule has 0 bridgehead atoms. The highest BCUT2D eigenvalue weighted by Crippen LogP contribution is 2.51. The van der Waals surface area contributed by atoms with Gasteiger partial charge in [-0.2, -0.15) is 8.42 Å². The number of anilines is 1. The van der Waals surface area contributed by atoms with E-state index in [0.717, 1.165) is 28.8 Å². The average molecular weight is 391 g/mol. The zero-order valence-electron chi connectivity index (χ0n) is 15.8. The van der Waals surface area contributed by atoms with E-state index < -0.39 is 10.1 Å². The fourth-order valence-electron chi connectivity index (χ4n) is 4.38. The van der Waals surface area contributed by atoms with Crippen molar-refractivity contribution in [1.82, 2.24) is 0 Å². The minimum absolute atomic E-state index is 0.165. The lowest BCUT2D eigenvalue weighted by Gasteiger charge is -2.15. The molecule has 0 aromatic heterocycles. The molecule has 5 rings (SSSR count). The lowest BCUT2D eigenvalue weighted by atomic mass is 9.92. The van der Waals surface area contributed by atoms with Crippen molar-refractivity contribution in [2.75, 3.05) is 5.32 Å². The minimum Gasteiger partial charge on any atom is -0.378 e. The summed E-state index contributed by atoms with van der Waals surface area (Å²) in [5, 5.41) is 3.55. The van der Waals surface area contributed by atoms with Crippen molar-refractivity contribution in [3.05, 3.63) is 88.5 Å². The molecule has 0 amide bonds. The van der Waals surface area contributed by atoms with E-state index in [1.54, 1.807) is 24.3 Å². The smallest absolute Gasteiger partial charge is 0.339 e. The van der Waals surface area contributed by atoms with Crippen LogP contribution in [0.3, 0.4) is 0 Å². The summed E-state index contributed by atoms with van der Waals surface area (Å²) in [5.74, 6) is 0.640. The summed E-state index contributed by atoms with van der Waals surface area (Å²) >= 11 is 0. The van der Waals surface area contributed by atoms with Gasteiger partial charge in [-0.05, 0) is 54.7 Å². The largest absolute Gasteiger partial charge is 0.378 e. The van der Waals surface area contributed by atoms with E-state index in [-0.39, 0.29) is 16.9 Å². The van der Waals surface area contributed by atoms with Gasteiger partial charge in [0.25, 0.3) is 0 Å². The van der Waals surface area contributed by atoms with Crippen LogP contribution in [0, 0.1) is 13.8 Å². The van der Waals surface area contributed by atoms with Crippen molar-refractivity contribution >= 4 is 15.8 Å². The van der Waals surface area contributed by atoms with Crippen LogP contribution in [-0.2, 0) is 16.5 Å². The third-order valence-electron chi connectivity index (χ3n) is 5.79. The summed E-state index contributed by atoms with van der Waals surface area (Å²) in [6.07, 6.45) is 0.929. The average Bonchev–Trinajstić information content (AvgIpc) is 3.20. The van der Waals surface area contributed by atoms with Crippen LogP contribution in [0.2, 0.25) is 0 Å². The van der Waals surface area contributed by atoms with Crippen molar-refractivity contribution in [2.45, 2.75) is 37.1 Å². The zero-order chi connectivity index (χ0) is 19.5. The topological polar surface area (TPSA) is 55.4 Å². The fourth-order valence-corrected chi connectivity index (χ4v) is 5.38. The molecule has 5 heteroatoms. The predicted molar refractivity (Wildman–Crippen MR) is 110 cm³/mol. The maximum Gasteiger partial charge on any atom is 0.339 e. The van der Waals surface area contributed by atoms with Crippen LogP contribution in [0.5, 0.6) is 5.75 Å². The number of rotatable bonds is 3. The molecule has 3 aromatic rings. The Kier molecular flexibility index (Phi) is 3.78. The first-order valence-electron chi connectivity index (χ1n) is 9.43. The van der Waals surface area contributed by atoms with E-state index in [2.05, 4.69) is 35.6 Å². The van der Waals surface area contributed by atoms with Gasteiger partial charge in [0, 0.05) is 12.0 Å². The Morgan fingerprint density at radius 3 is 2.46 bits per heavy atom. The molecule has 0 saturated carbocycles. The lowest BCUT2D eigenvalue weighted by molar-refractivity contribution is 0.485. The summed E-state index contributed by atoms with van der Waals surface area (Å²) in [4.78, 5) is 0.165. The quantitative estimate of drug-likeness (QED) is 0.666. The van der Waals surface area contributed by atoms with Crippen molar-refractivity contribution in [2.24, 2.45) is 0 Å². The zero-order valence-corrected chi connectivity index (χ0v) is 16.6. The molecule has 0 radical (unpaired) electrons.